The number of piperidine rings is 1. The van der Waals surface area contributed by atoms with E-state index in [1.165, 1.54) is 4.88 Å². The zero-order chi connectivity index (χ0) is 13.2. The summed E-state index contributed by atoms with van der Waals surface area (Å²) in [5, 5.41) is 1.15. The molecule has 18 heavy (non-hydrogen) atoms. The van der Waals surface area contributed by atoms with E-state index in [0.29, 0.717) is 6.54 Å². The summed E-state index contributed by atoms with van der Waals surface area (Å²) in [6.45, 7) is 9.58. The summed E-state index contributed by atoms with van der Waals surface area (Å²) in [4.78, 5) is 8.30. The number of hydrogen-bond acceptors (Lipinski definition) is 5. The monoisotopic (exact) mass is 269 g/mol. The Kier molecular flexibility index (Phi) is 4.25. The van der Waals surface area contributed by atoms with Crippen LogP contribution in [0.1, 0.15) is 30.3 Å². The summed E-state index contributed by atoms with van der Waals surface area (Å²) in [6.07, 6.45) is 1.99. The first-order valence-electron chi connectivity index (χ1n) is 6.63. The van der Waals surface area contributed by atoms with Crippen molar-refractivity contribution in [3.05, 3.63) is 10.6 Å². The Morgan fingerprint density at radius 3 is 2.50 bits per heavy atom. The molecule has 102 valence electrons. The van der Waals surface area contributed by atoms with E-state index in [0.717, 1.165) is 43.4 Å². The van der Waals surface area contributed by atoms with E-state index in [1.807, 2.05) is 6.92 Å². The Morgan fingerprint density at radius 1 is 1.39 bits per heavy atom. The first-order chi connectivity index (χ1) is 8.60. The zero-order valence-electron chi connectivity index (χ0n) is 11.5. The average Bonchev–Trinajstić information content (AvgIpc) is 2.71. The molecule has 2 heterocycles. The van der Waals surface area contributed by atoms with Gasteiger partial charge in [0, 0.05) is 31.1 Å². The van der Waals surface area contributed by atoms with Crippen molar-refractivity contribution >= 4 is 16.5 Å². The van der Waals surface area contributed by atoms with Crippen LogP contribution in [0.25, 0.3) is 0 Å². The quantitative estimate of drug-likeness (QED) is 0.909. The average molecular weight is 269 g/mol. The summed E-state index contributed by atoms with van der Waals surface area (Å²) in [5.41, 5.74) is 6.92. The van der Waals surface area contributed by atoms with Crippen LogP contribution in [-0.2, 0) is 4.74 Å². The van der Waals surface area contributed by atoms with Crippen molar-refractivity contribution in [1.29, 1.82) is 0 Å². The minimum Gasteiger partial charge on any atom is -0.374 e. The van der Waals surface area contributed by atoms with Gasteiger partial charge in [-0.25, -0.2) is 4.98 Å². The summed E-state index contributed by atoms with van der Waals surface area (Å²) < 4.78 is 5.86. The maximum atomic E-state index is 5.88. The van der Waals surface area contributed by atoms with Gasteiger partial charge in [0.25, 0.3) is 0 Å². The second-order valence-corrected chi connectivity index (χ2v) is 6.13. The predicted molar refractivity (Wildman–Crippen MR) is 76.4 cm³/mol. The van der Waals surface area contributed by atoms with E-state index in [9.17, 15) is 0 Å². The maximum absolute atomic E-state index is 5.88. The molecule has 1 saturated heterocycles. The van der Waals surface area contributed by atoms with E-state index in [1.54, 1.807) is 11.3 Å². The van der Waals surface area contributed by atoms with Gasteiger partial charge in [-0.1, -0.05) is 0 Å². The lowest BCUT2D eigenvalue weighted by Crippen LogP contribution is -2.50. The Morgan fingerprint density at radius 2 is 2.06 bits per heavy atom. The molecule has 0 spiro atoms. The fourth-order valence-corrected chi connectivity index (χ4v) is 3.37. The highest BCUT2D eigenvalue weighted by molar-refractivity contribution is 7.15. The molecule has 0 bridgehead atoms. The van der Waals surface area contributed by atoms with Crippen LogP contribution in [0.4, 0.5) is 5.13 Å². The van der Waals surface area contributed by atoms with Gasteiger partial charge in [-0.05, 0) is 33.6 Å². The van der Waals surface area contributed by atoms with E-state index < -0.39 is 0 Å². The third-order valence-electron chi connectivity index (χ3n) is 3.78. The molecular formula is C13H23N3OS. The molecule has 1 aliphatic heterocycles. The molecule has 1 aromatic rings. The largest absolute Gasteiger partial charge is 0.374 e. The van der Waals surface area contributed by atoms with Crippen molar-refractivity contribution in [2.75, 3.05) is 31.1 Å². The molecule has 0 amide bonds. The third kappa shape index (κ3) is 2.68. The number of aromatic nitrogens is 1. The molecule has 0 radical (unpaired) electrons. The molecule has 5 heteroatoms. The highest BCUT2D eigenvalue weighted by atomic mass is 32.1. The smallest absolute Gasteiger partial charge is 0.185 e. The van der Waals surface area contributed by atoms with E-state index in [-0.39, 0.29) is 5.60 Å². The van der Waals surface area contributed by atoms with Gasteiger partial charge in [0.05, 0.1) is 11.3 Å². The van der Waals surface area contributed by atoms with Crippen LogP contribution in [0, 0.1) is 13.8 Å². The number of anilines is 1. The van der Waals surface area contributed by atoms with E-state index in [4.69, 9.17) is 10.5 Å². The number of rotatable bonds is 4. The van der Waals surface area contributed by atoms with Crippen LogP contribution in [0.15, 0.2) is 0 Å². The van der Waals surface area contributed by atoms with Gasteiger partial charge in [-0.15, -0.1) is 11.3 Å². The van der Waals surface area contributed by atoms with Crippen molar-refractivity contribution in [2.45, 2.75) is 39.2 Å². The molecule has 1 aliphatic rings. The molecule has 1 aromatic heterocycles. The molecular weight excluding hydrogens is 246 g/mol. The number of ether oxygens (including phenoxy) is 1. The first-order valence-corrected chi connectivity index (χ1v) is 7.45. The molecule has 2 N–H and O–H groups in total. The lowest BCUT2D eigenvalue weighted by atomic mass is 9.91. The summed E-state index contributed by atoms with van der Waals surface area (Å²) in [5.74, 6) is 0. The summed E-state index contributed by atoms with van der Waals surface area (Å²) in [6, 6.07) is 0. The molecule has 0 saturated carbocycles. The second kappa shape index (κ2) is 5.55. The lowest BCUT2D eigenvalue weighted by molar-refractivity contribution is -0.0487. The molecule has 0 atom stereocenters. The van der Waals surface area contributed by atoms with Crippen molar-refractivity contribution < 1.29 is 4.74 Å². The van der Waals surface area contributed by atoms with Crippen molar-refractivity contribution in [1.82, 2.24) is 4.98 Å². The SMILES string of the molecule is CCOC1(CN)CCN(c2nc(C)c(C)s2)CC1. The minimum atomic E-state index is -0.105. The summed E-state index contributed by atoms with van der Waals surface area (Å²) in [7, 11) is 0. The fourth-order valence-electron chi connectivity index (χ4n) is 2.41. The van der Waals surface area contributed by atoms with Crippen LogP contribution < -0.4 is 10.6 Å². The minimum absolute atomic E-state index is 0.105. The predicted octanol–water partition coefficient (Wildman–Crippen LogP) is 2.09. The number of thiazole rings is 1. The molecule has 4 nitrogen and oxygen atoms in total. The highest BCUT2D eigenvalue weighted by Gasteiger charge is 2.34. The van der Waals surface area contributed by atoms with Gasteiger partial charge in [0.2, 0.25) is 0 Å². The zero-order valence-corrected chi connectivity index (χ0v) is 12.3. The lowest BCUT2D eigenvalue weighted by Gasteiger charge is -2.40. The van der Waals surface area contributed by atoms with Crippen molar-refractivity contribution in [3.8, 4) is 0 Å². The maximum Gasteiger partial charge on any atom is 0.185 e. The number of nitrogens with two attached hydrogens (primary N) is 1. The second-order valence-electron chi connectivity index (χ2n) is 4.95. The van der Waals surface area contributed by atoms with Gasteiger partial charge < -0.3 is 15.4 Å². The third-order valence-corrected chi connectivity index (χ3v) is 4.92. The normalized spacial score (nSPS) is 19.2. The van der Waals surface area contributed by atoms with Gasteiger partial charge in [-0.3, -0.25) is 0 Å². The first kappa shape index (κ1) is 13.8. The molecule has 0 unspecified atom stereocenters. The van der Waals surface area contributed by atoms with Gasteiger partial charge >= 0.3 is 0 Å². The number of aryl methyl sites for hydroxylation is 2. The molecule has 0 aliphatic carbocycles. The van der Waals surface area contributed by atoms with Crippen LogP contribution in [0.5, 0.6) is 0 Å². The number of hydrogen-bond donors (Lipinski definition) is 1. The molecule has 2 rings (SSSR count). The van der Waals surface area contributed by atoms with Crippen LogP contribution in [0.3, 0.4) is 0 Å². The Bertz CT molecular complexity index is 377. The highest BCUT2D eigenvalue weighted by Crippen LogP contribution is 2.31. The van der Waals surface area contributed by atoms with Crippen LogP contribution >= 0.6 is 11.3 Å². The Balaban J connectivity index is 2.01. The number of nitrogens with zero attached hydrogens (tertiary/aromatic N) is 2. The molecule has 1 fully saturated rings. The van der Waals surface area contributed by atoms with Crippen LogP contribution in [0.2, 0.25) is 0 Å². The van der Waals surface area contributed by atoms with Crippen LogP contribution in [-0.4, -0.2) is 36.8 Å². The Hall–Kier alpha value is -0.650. The molecule has 0 aromatic carbocycles. The fraction of sp³-hybridized carbons (Fsp3) is 0.769. The van der Waals surface area contributed by atoms with Gasteiger partial charge in [-0.2, -0.15) is 0 Å². The van der Waals surface area contributed by atoms with E-state index in [2.05, 4.69) is 23.7 Å². The summed E-state index contributed by atoms with van der Waals surface area (Å²) >= 11 is 1.78. The van der Waals surface area contributed by atoms with Gasteiger partial charge in [0.1, 0.15) is 0 Å². The van der Waals surface area contributed by atoms with E-state index >= 15 is 0 Å². The topological polar surface area (TPSA) is 51.4 Å². The standard InChI is InChI=1S/C13H23N3OS/c1-4-17-13(9-14)5-7-16(8-6-13)12-15-10(2)11(3)18-12/h4-9,14H2,1-3H3. The van der Waals surface area contributed by atoms with Gasteiger partial charge in [0.15, 0.2) is 5.13 Å². The van der Waals surface area contributed by atoms with Crippen molar-refractivity contribution in [3.63, 3.8) is 0 Å². The Labute approximate surface area is 113 Å². The van der Waals surface area contributed by atoms with Crippen molar-refractivity contribution in [2.24, 2.45) is 5.73 Å².